The molecule has 3 aliphatic rings. The number of hydrogen-bond donors (Lipinski definition) is 2. The molecule has 3 aromatic heterocycles. The first-order chi connectivity index (χ1) is 19.1. The van der Waals surface area contributed by atoms with Crippen LogP contribution in [0.25, 0.3) is 22.1 Å². The molecule has 4 heterocycles. The molecule has 3 N–H and O–H groups in total. The van der Waals surface area contributed by atoms with Crippen molar-refractivity contribution in [3.05, 3.63) is 47.1 Å². The molecule has 2 saturated carbocycles. The molecule has 1 saturated heterocycles. The lowest BCUT2D eigenvalue weighted by molar-refractivity contribution is -0.161. The predicted octanol–water partition coefficient (Wildman–Crippen LogP) is 5.28. The van der Waals surface area contributed by atoms with Gasteiger partial charge in [-0.25, -0.2) is 15.0 Å². The number of nitrogens with one attached hydrogen (secondary N) is 1. The Balaban J connectivity index is 0.979. The van der Waals surface area contributed by atoms with Gasteiger partial charge in [-0.3, -0.25) is 0 Å². The molecule has 10 heteroatoms. The second-order valence-electron chi connectivity index (χ2n) is 12.6. The van der Waals surface area contributed by atoms with E-state index >= 15 is 0 Å². The van der Waals surface area contributed by atoms with Crippen LogP contribution in [0.3, 0.4) is 0 Å². The number of ether oxygens (including phenoxy) is 2. The van der Waals surface area contributed by atoms with E-state index in [-0.39, 0.29) is 18.2 Å². The maximum atomic E-state index is 6.49. The fourth-order valence-electron chi connectivity index (χ4n) is 7.23. The second-order valence-corrected chi connectivity index (χ2v) is 13.0. The van der Waals surface area contributed by atoms with Crippen LogP contribution >= 0.6 is 11.6 Å². The first-order valence-electron chi connectivity index (χ1n) is 14.4. The van der Waals surface area contributed by atoms with Crippen molar-refractivity contribution in [3.63, 3.8) is 0 Å². The number of aromatic nitrogens is 5. The van der Waals surface area contributed by atoms with E-state index in [0.717, 1.165) is 70.2 Å². The van der Waals surface area contributed by atoms with Crippen LogP contribution in [0.15, 0.2) is 30.7 Å². The molecule has 2 aliphatic carbocycles. The van der Waals surface area contributed by atoms with E-state index in [9.17, 15) is 0 Å². The first-order valence-corrected chi connectivity index (χ1v) is 14.8. The number of aromatic amines is 1. The molecule has 212 valence electrons. The van der Waals surface area contributed by atoms with Gasteiger partial charge in [0.15, 0.2) is 5.79 Å². The minimum absolute atomic E-state index is 0.0168. The Morgan fingerprint density at radius 1 is 1.18 bits per heavy atom. The van der Waals surface area contributed by atoms with E-state index in [0.29, 0.717) is 17.8 Å². The number of nitrogens with two attached hydrogens (primary N) is 1. The van der Waals surface area contributed by atoms with E-state index in [1.54, 1.807) is 6.33 Å². The van der Waals surface area contributed by atoms with Crippen molar-refractivity contribution in [3.8, 4) is 0 Å². The fraction of sp³-hybridized carbons (Fsp3) is 0.567. The van der Waals surface area contributed by atoms with Crippen molar-refractivity contribution in [1.29, 1.82) is 0 Å². The summed E-state index contributed by atoms with van der Waals surface area (Å²) in [7, 11) is 2.27. The predicted molar refractivity (Wildman–Crippen MR) is 156 cm³/mol. The van der Waals surface area contributed by atoms with E-state index in [1.165, 1.54) is 12.8 Å². The van der Waals surface area contributed by atoms with E-state index < -0.39 is 5.79 Å². The number of hydrogen-bond acceptors (Lipinski definition) is 7. The summed E-state index contributed by atoms with van der Waals surface area (Å²) in [4.78, 5) is 19.5. The quantitative estimate of drug-likeness (QED) is 0.315. The lowest BCUT2D eigenvalue weighted by Crippen LogP contribution is -2.46. The molecule has 4 aromatic rings. The van der Waals surface area contributed by atoms with Crippen LogP contribution in [0.1, 0.15) is 57.0 Å². The van der Waals surface area contributed by atoms with Crippen LogP contribution in [0, 0.1) is 18.8 Å². The van der Waals surface area contributed by atoms with Gasteiger partial charge >= 0.3 is 0 Å². The first kappa shape index (κ1) is 26.2. The van der Waals surface area contributed by atoms with Gasteiger partial charge < -0.3 is 29.7 Å². The normalized spacial score (nSPS) is 29.4. The average Bonchev–Trinajstić information content (AvgIpc) is 3.61. The number of halogens is 1. The Hall–Kier alpha value is -2.72. The molecule has 0 unspecified atom stereocenters. The molecule has 0 radical (unpaired) electrons. The standard InChI is InChI=1S/C30H38ClN7O2/c1-16-9-22-23(13-21(16)31)36-25(35-22)6-5-17-10-19(11-17)37(4)14-18-12-24(27-26(18)39-30(2,3)40-27)38-8-7-20-28(32)33-15-34-29(20)38/h7-9,13,15,17-19,24,26-27H,5-6,10-12,14H2,1-4H3,(H,35,36)(H2,32,33,34)/t17-,18-,19-,24-,26-,27+/m1/s1. The average molecular weight is 564 g/mol. The topological polar surface area (TPSA) is 107 Å². The highest BCUT2D eigenvalue weighted by Crippen LogP contribution is 2.48. The number of anilines is 1. The Morgan fingerprint density at radius 3 is 2.80 bits per heavy atom. The van der Waals surface area contributed by atoms with Gasteiger partial charge in [0, 0.05) is 36.1 Å². The highest BCUT2D eigenvalue weighted by Gasteiger charge is 2.55. The number of imidazole rings is 1. The van der Waals surface area contributed by atoms with Crippen LogP contribution in [-0.4, -0.2) is 67.0 Å². The van der Waals surface area contributed by atoms with Gasteiger partial charge in [0.1, 0.15) is 29.7 Å². The zero-order valence-electron chi connectivity index (χ0n) is 23.6. The van der Waals surface area contributed by atoms with E-state index in [2.05, 4.69) is 43.7 Å². The van der Waals surface area contributed by atoms with Gasteiger partial charge in [-0.1, -0.05) is 11.6 Å². The third kappa shape index (κ3) is 4.57. The highest BCUT2D eigenvalue weighted by atomic mass is 35.5. The monoisotopic (exact) mass is 563 g/mol. The second kappa shape index (κ2) is 9.69. The Morgan fingerprint density at radius 2 is 1.98 bits per heavy atom. The van der Waals surface area contributed by atoms with Crippen molar-refractivity contribution in [2.24, 2.45) is 11.8 Å². The molecule has 0 bridgehead atoms. The lowest BCUT2D eigenvalue weighted by Gasteiger charge is -2.42. The smallest absolute Gasteiger partial charge is 0.163 e. The molecular weight excluding hydrogens is 526 g/mol. The Kier molecular flexibility index (Phi) is 6.34. The van der Waals surface area contributed by atoms with Crippen LogP contribution in [-0.2, 0) is 15.9 Å². The zero-order chi connectivity index (χ0) is 27.8. The summed E-state index contributed by atoms with van der Waals surface area (Å²) < 4.78 is 15.2. The minimum Gasteiger partial charge on any atom is -0.383 e. The maximum absolute atomic E-state index is 6.49. The van der Waals surface area contributed by atoms with Crippen LogP contribution in [0.2, 0.25) is 5.02 Å². The van der Waals surface area contributed by atoms with Gasteiger partial charge in [0.05, 0.1) is 28.6 Å². The summed E-state index contributed by atoms with van der Waals surface area (Å²) >= 11 is 6.29. The summed E-state index contributed by atoms with van der Waals surface area (Å²) in [5.74, 6) is 2.09. The summed E-state index contributed by atoms with van der Waals surface area (Å²) in [5.41, 5.74) is 10.1. The van der Waals surface area contributed by atoms with Crippen molar-refractivity contribution >= 4 is 39.5 Å². The fourth-order valence-corrected chi connectivity index (χ4v) is 7.39. The summed E-state index contributed by atoms with van der Waals surface area (Å²) in [6.07, 6.45) is 9.22. The molecule has 0 amide bonds. The van der Waals surface area contributed by atoms with Gasteiger partial charge in [-0.15, -0.1) is 0 Å². The Bertz CT molecular complexity index is 1520. The summed E-state index contributed by atoms with van der Waals surface area (Å²) in [6, 6.07) is 6.81. The Labute approximate surface area is 239 Å². The number of nitrogen functional groups attached to an aromatic ring is 1. The SMILES string of the molecule is Cc1cc2nc(CC[C@H]3C[C@H](N(C)C[C@H]4C[C@@H](n5ccc6c(N)ncnc65)[C@@H]5OC(C)(C)O[C@H]45)C3)[nH]c2cc1Cl. The molecule has 7 rings (SSSR count). The number of nitrogens with zero attached hydrogens (tertiary/aromatic N) is 5. The van der Waals surface area contributed by atoms with E-state index in [4.69, 9.17) is 31.8 Å². The van der Waals surface area contributed by atoms with Gasteiger partial charge in [-0.2, -0.15) is 0 Å². The van der Waals surface area contributed by atoms with Crippen LogP contribution in [0.5, 0.6) is 0 Å². The van der Waals surface area contributed by atoms with Gasteiger partial charge in [0.2, 0.25) is 0 Å². The minimum atomic E-state index is -0.593. The molecule has 3 fully saturated rings. The third-order valence-electron chi connectivity index (χ3n) is 9.41. The zero-order valence-corrected chi connectivity index (χ0v) is 24.4. The summed E-state index contributed by atoms with van der Waals surface area (Å²) in [6.45, 7) is 7.05. The number of rotatable bonds is 7. The van der Waals surface area contributed by atoms with Crippen molar-refractivity contribution < 1.29 is 9.47 Å². The van der Waals surface area contributed by atoms with Gasteiger partial charge in [0.25, 0.3) is 0 Å². The van der Waals surface area contributed by atoms with Crippen molar-refractivity contribution in [1.82, 2.24) is 29.4 Å². The summed E-state index contributed by atoms with van der Waals surface area (Å²) in [5, 5.41) is 1.67. The molecule has 1 aromatic carbocycles. The molecule has 40 heavy (non-hydrogen) atoms. The van der Waals surface area contributed by atoms with E-state index in [1.807, 2.05) is 32.9 Å². The van der Waals surface area contributed by atoms with Crippen molar-refractivity contribution in [2.45, 2.75) is 83.0 Å². The molecule has 1 aliphatic heterocycles. The lowest BCUT2D eigenvalue weighted by atomic mass is 9.76. The number of fused-ring (bicyclic) bond motifs is 3. The third-order valence-corrected chi connectivity index (χ3v) is 9.81. The molecule has 4 atom stereocenters. The highest BCUT2D eigenvalue weighted by molar-refractivity contribution is 6.32. The number of H-pyrrole nitrogens is 1. The molecule has 0 spiro atoms. The van der Waals surface area contributed by atoms with Crippen LogP contribution in [0.4, 0.5) is 5.82 Å². The number of aryl methyl sites for hydroxylation is 2. The van der Waals surface area contributed by atoms with Crippen LogP contribution < -0.4 is 5.73 Å². The molecular formula is C30H38ClN7O2. The molecule has 9 nitrogen and oxygen atoms in total. The largest absolute Gasteiger partial charge is 0.383 e. The van der Waals surface area contributed by atoms with Crippen molar-refractivity contribution in [2.75, 3.05) is 19.3 Å². The number of benzene rings is 1. The maximum Gasteiger partial charge on any atom is 0.163 e. The van der Waals surface area contributed by atoms with Gasteiger partial charge in [-0.05, 0) is 83.2 Å².